The Labute approximate surface area is 187 Å². The number of carbonyl (C=O) groups excluding carboxylic acids is 2. The molecule has 3 N–H and O–H groups in total. The van der Waals surface area contributed by atoms with Crippen LogP contribution in [0.15, 0.2) is 48.5 Å². The number of carbonyl (C=O) groups is 3. The van der Waals surface area contributed by atoms with E-state index in [1.54, 1.807) is 0 Å². The van der Waals surface area contributed by atoms with Gasteiger partial charge < -0.3 is 20.5 Å². The molecule has 2 amide bonds. The summed E-state index contributed by atoms with van der Waals surface area (Å²) in [6.07, 6.45) is 0.434. The Kier molecular flexibility index (Phi) is 5.91. The van der Waals surface area contributed by atoms with Crippen LogP contribution in [0.5, 0.6) is 0 Å². The number of hydrogen-bond acceptors (Lipinski definition) is 4. The normalized spacial score (nSPS) is 16.6. The number of aliphatic carboxylic acids is 1. The molecule has 1 fully saturated rings. The van der Waals surface area contributed by atoms with E-state index < -0.39 is 29.4 Å². The average molecular weight is 437 g/mol. The third-order valence-electron chi connectivity index (χ3n) is 6.47. The van der Waals surface area contributed by atoms with Crippen LogP contribution < -0.4 is 10.6 Å². The first kappa shape index (κ1) is 21.9. The first-order chi connectivity index (χ1) is 15.3. The molecule has 1 atom stereocenters. The highest BCUT2D eigenvalue weighted by Crippen LogP contribution is 2.45. The minimum Gasteiger partial charge on any atom is -0.481 e. The van der Waals surface area contributed by atoms with Crippen LogP contribution in [0.2, 0.25) is 0 Å². The van der Waals surface area contributed by atoms with E-state index in [0.29, 0.717) is 12.8 Å². The molecule has 2 aromatic carbocycles. The quantitative estimate of drug-likeness (QED) is 0.587. The molecule has 0 bridgehead atoms. The molecular formula is C25H28N2O5. The van der Waals surface area contributed by atoms with Crippen LogP contribution in [0.25, 0.3) is 11.1 Å². The van der Waals surface area contributed by atoms with Crippen LogP contribution in [0.1, 0.15) is 43.7 Å². The standard InChI is InChI=1S/C25H28N2O5/c1-15(2)21(22(28)26-14-25(11-12-25)23(29)30)27-24(31)32-13-20-18-9-5-3-7-16(18)17-8-4-6-10-19(17)20/h3-10,15,20-21H,11-14H2,1-2H3,(H,26,28)(H,27,31)(H,29,30). The first-order valence-corrected chi connectivity index (χ1v) is 10.9. The van der Waals surface area contributed by atoms with Crippen LogP contribution in [0, 0.1) is 11.3 Å². The van der Waals surface area contributed by atoms with Gasteiger partial charge >= 0.3 is 12.1 Å². The zero-order valence-corrected chi connectivity index (χ0v) is 18.3. The molecule has 2 aliphatic carbocycles. The molecule has 1 unspecified atom stereocenters. The molecule has 7 nitrogen and oxygen atoms in total. The van der Waals surface area contributed by atoms with E-state index in [1.807, 2.05) is 50.2 Å². The Morgan fingerprint density at radius 1 is 1.03 bits per heavy atom. The van der Waals surface area contributed by atoms with Crippen LogP contribution in [-0.2, 0) is 14.3 Å². The number of hydrogen-bond donors (Lipinski definition) is 3. The van der Waals surface area contributed by atoms with Crippen LogP contribution in [0.3, 0.4) is 0 Å². The molecule has 2 aromatic rings. The summed E-state index contributed by atoms with van der Waals surface area (Å²) in [5.41, 5.74) is 3.65. The van der Waals surface area contributed by atoms with Crippen molar-refractivity contribution < 1.29 is 24.2 Å². The van der Waals surface area contributed by atoms with Crippen LogP contribution in [0.4, 0.5) is 4.79 Å². The number of rotatable bonds is 8. The summed E-state index contributed by atoms with van der Waals surface area (Å²) in [7, 11) is 0. The minimum absolute atomic E-state index is 0.0650. The summed E-state index contributed by atoms with van der Waals surface area (Å²) in [6.45, 7) is 3.86. The second kappa shape index (κ2) is 8.65. The van der Waals surface area contributed by atoms with Gasteiger partial charge in [-0.05, 0) is 41.0 Å². The number of carboxylic acids is 1. The highest BCUT2D eigenvalue weighted by Gasteiger charge is 2.50. The van der Waals surface area contributed by atoms with Crippen molar-refractivity contribution in [3.63, 3.8) is 0 Å². The molecular weight excluding hydrogens is 408 g/mol. The van der Waals surface area contributed by atoms with Crippen molar-refractivity contribution in [1.82, 2.24) is 10.6 Å². The second-order valence-corrected chi connectivity index (χ2v) is 8.99. The van der Waals surface area contributed by atoms with E-state index in [-0.39, 0.29) is 25.0 Å². The lowest BCUT2D eigenvalue weighted by Gasteiger charge is -2.23. The van der Waals surface area contributed by atoms with Gasteiger partial charge in [0.1, 0.15) is 12.6 Å². The number of benzene rings is 2. The van der Waals surface area contributed by atoms with E-state index in [0.717, 1.165) is 22.3 Å². The van der Waals surface area contributed by atoms with E-state index in [2.05, 4.69) is 22.8 Å². The summed E-state index contributed by atoms with van der Waals surface area (Å²) in [4.78, 5) is 36.5. The SMILES string of the molecule is CC(C)C(NC(=O)OCC1c2ccccc2-c2ccccc21)C(=O)NCC1(C(=O)O)CC1. The maximum Gasteiger partial charge on any atom is 0.407 e. The third-order valence-corrected chi connectivity index (χ3v) is 6.47. The molecule has 0 spiro atoms. The van der Waals surface area contributed by atoms with Gasteiger partial charge in [0.15, 0.2) is 0 Å². The van der Waals surface area contributed by atoms with Gasteiger partial charge in [0, 0.05) is 12.5 Å². The number of nitrogens with one attached hydrogen (secondary N) is 2. The van der Waals surface area contributed by atoms with Gasteiger partial charge in [0.25, 0.3) is 0 Å². The smallest absolute Gasteiger partial charge is 0.407 e. The highest BCUT2D eigenvalue weighted by molar-refractivity contribution is 5.87. The maximum atomic E-state index is 12.6. The zero-order valence-electron chi connectivity index (χ0n) is 18.3. The second-order valence-electron chi connectivity index (χ2n) is 8.99. The van der Waals surface area contributed by atoms with Crippen molar-refractivity contribution in [3.8, 4) is 11.1 Å². The van der Waals surface area contributed by atoms with Gasteiger partial charge in [0.05, 0.1) is 5.41 Å². The van der Waals surface area contributed by atoms with Crippen molar-refractivity contribution in [2.75, 3.05) is 13.2 Å². The van der Waals surface area contributed by atoms with Crippen molar-refractivity contribution in [2.45, 2.75) is 38.6 Å². The predicted molar refractivity (Wildman–Crippen MR) is 119 cm³/mol. The van der Waals surface area contributed by atoms with Crippen molar-refractivity contribution in [2.24, 2.45) is 11.3 Å². The minimum atomic E-state index is -0.900. The molecule has 0 aliphatic heterocycles. The average Bonchev–Trinajstić information content (AvgIpc) is 3.51. The molecule has 0 radical (unpaired) electrons. The molecule has 1 saturated carbocycles. The Bertz CT molecular complexity index is 999. The predicted octanol–water partition coefficient (Wildman–Crippen LogP) is 3.53. The molecule has 0 heterocycles. The van der Waals surface area contributed by atoms with Crippen LogP contribution >= 0.6 is 0 Å². The molecule has 0 saturated heterocycles. The number of amides is 2. The maximum absolute atomic E-state index is 12.6. The van der Waals surface area contributed by atoms with Crippen molar-refractivity contribution in [1.29, 1.82) is 0 Å². The molecule has 168 valence electrons. The van der Waals surface area contributed by atoms with E-state index in [1.165, 1.54) is 0 Å². The molecule has 7 heteroatoms. The summed E-state index contributed by atoms with van der Waals surface area (Å²) in [5.74, 6) is -1.55. The summed E-state index contributed by atoms with van der Waals surface area (Å²) in [6, 6.07) is 15.3. The summed E-state index contributed by atoms with van der Waals surface area (Å²) >= 11 is 0. The van der Waals surface area contributed by atoms with Gasteiger partial charge in [0.2, 0.25) is 5.91 Å². The van der Waals surface area contributed by atoms with E-state index in [4.69, 9.17) is 4.74 Å². The van der Waals surface area contributed by atoms with Gasteiger partial charge in [-0.1, -0.05) is 62.4 Å². The van der Waals surface area contributed by atoms with Gasteiger partial charge in [-0.3, -0.25) is 9.59 Å². The van der Waals surface area contributed by atoms with Gasteiger partial charge in [-0.25, -0.2) is 4.79 Å². The fourth-order valence-corrected chi connectivity index (χ4v) is 4.29. The van der Waals surface area contributed by atoms with Crippen molar-refractivity contribution in [3.05, 3.63) is 59.7 Å². The first-order valence-electron chi connectivity index (χ1n) is 10.9. The molecule has 4 rings (SSSR count). The number of ether oxygens (including phenoxy) is 1. The van der Waals surface area contributed by atoms with Crippen molar-refractivity contribution >= 4 is 18.0 Å². The Morgan fingerprint density at radius 2 is 1.59 bits per heavy atom. The monoisotopic (exact) mass is 436 g/mol. The Hall–Kier alpha value is -3.35. The highest BCUT2D eigenvalue weighted by atomic mass is 16.5. The zero-order chi connectivity index (χ0) is 22.9. The number of alkyl carbamates (subject to hydrolysis) is 1. The Morgan fingerprint density at radius 3 is 2.09 bits per heavy atom. The largest absolute Gasteiger partial charge is 0.481 e. The summed E-state index contributed by atoms with van der Waals surface area (Å²) in [5, 5.41) is 14.6. The number of carboxylic acid groups (broad SMARTS) is 1. The lowest BCUT2D eigenvalue weighted by Crippen LogP contribution is -2.51. The molecule has 32 heavy (non-hydrogen) atoms. The Balaban J connectivity index is 1.37. The van der Waals surface area contributed by atoms with Crippen LogP contribution in [-0.4, -0.2) is 42.3 Å². The van der Waals surface area contributed by atoms with Gasteiger partial charge in [-0.15, -0.1) is 0 Å². The van der Waals surface area contributed by atoms with E-state index in [9.17, 15) is 19.5 Å². The molecule has 0 aromatic heterocycles. The fourth-order valence-electron chi connectivity index (χ4n) is 4.29. The molecule has 2 aliphatic rings. The third kappa shape index (κ3) is 4.20. The number of fused-ring (bicyclic) bond motifs is 3. The lowest BCUT2D eigenvalue weighted by atomic mass is 9.98. The van der Waals surface area contributed by atoms with E-state index >= 15 is 0 Å². The summed E-state index contributed by atoms with van der Waals surface area (Å²) < 4.78 is 5.54. The fraction of sp³-hybridized carbons (Fsp3) is 0.400. The topological polar surface area (TPSA) is 105 Å². The lowest BCUT2D eigenvalue weighted by molar-refractivity contribution is -0.143. The van der Waals surface area contributed by atoms with Gasteiger partial charge in [-0.2, -0.15) is 0 Å².